The Morgan fingerprint density at radius 2 is 1.55 bits per heavy atom. The van der Waals surface area contributed by atoms with E-state index in [1.165, 1.54) is 31.7 Å². The standard InChI is InChI=1S/C16H26N2O3.ClH/c1-17-7-9-18(10-8-17)6-5-13-11-14(19-2)16(21-4)15(12-13)20-3;/h11-12H,5-10H2,1-4H3;1H. The van der Waals surface area contributed by atoms with Gasteiger partial charge in [0.15, 0.2) is 11.5 Å². The molecule has 0 spiro atoms. The van der Waals surface area contributed by atoms with Crippen LogP contribution >= 0.6 is 0 Å². The molecule has 0 atom stereocenters. The maximum absolute atomic E-state index is 5.41. The van der Waals surface area contributed by atoms with Crippen molar-refractivity contribution in [1.82, 2.24) is 4.90 Å². The second-order valence-electron chi connectivity index (χ2n) is 5.59. The lowest BCUT2D eigenvalue weighted by atomic mass is 10.1. The predicted octanol–water partition coefficient (Wildman–Crippen LogP) is -2.91. The summed E-state index contributed by atoms with van der Waals surface area (Å²) >= 11 is 0. The van der Waals surface area contributed by atoms with Gasteiger partial charge in [0.25, 0.3) is 0 Å². The van der Waals surface area contributed by atoms with Crippen molar-refractivity contribution < 1.29 is 31.5 Å². The first kappa shape index (κ1) is 18.9. The van der Waals surface area contributed by atoms with Gasteiger partial charge >= 0.3 is 0 Å². The van der Waals surface area contributed by atoms with Gasteiger partial charge in [-0.25, -0.2) is 0 Å². The van der Waals surface area contributed by atoms with Crippen molar-refractivity contribution >= 4 is 0 Å². The number of hydrogen-bond donors (Lipinski definition) is 1. The summed E-state index contributed by atoms with van der Waals surface area (Å²) < 4.78 is 16.2. The van der Waals surface area contributed by atoms with Crippen LogP contribution in [0, 0.1) is 0 Å². The van der Waals surface area contributed by atoms with Gasteiger partial charge in [-0.3, -0.25) is 4.90 Å². The normalized spacial score (nSPS) is 16.0. The van der Waals surface area contributed by atoms with Crippen molar-refractivity contribution in [3.8, 4) is 17.2 Å². The highest BCUT2D eigenvalue weighted by molar-refractivity contribution is 5.53. The third kappa shape index (κ3) is 4.66. The molecule has 0 saturated carbocycles. The number of benzene rings is 1. The van der Waals surface area contributed by atoms with Gasteiger partial charge in [0.05, 0.1) is 41.0 Å². The van der Waals surface area contributed by atoms with Crippen LogP contribution in [0.4, 0.5) is 0 Å². The quantitative estimate of drug-likeness (QED) is 0.607. The molecule has 5 nitrogen and oxygen atoms in total. The maximum Gasteiger partial charge on any atom is 0.203 e. The van der Waals surface area contributed by atoms with E-state index in [9.17, 15) is 0 Å². The van der Waals surface area contributed by atoms with Gasteiger partial charge in [0.1, 0.15) is 0 Å². The molecule has 6 heteroatoms. The zero-order chi connectivity index (χ0) is 15.2. The Kier molecular flexibility index (Phi) is 7.79. The fourth-order valence-electron chi connectivity index (χ4n) is 2.79. The third-order valence-corrected chi connectivity index (χ3v) is 4.19. The topological polar surface area (TPSA) is 35.4 Å². The largest absolute Gasteiger partial charge is 1.00 e. The highest BCUT2D eigenvalue weighted by atomic mass is 35.5. The molecule has 1 saturated heterocycles. The summed E-state index contributed by atoms with van der Waals surface area (Å²) in [6.45, 7) is 5.96. The lowest BCUT2D eigenvalue weighted by Crippen LogP contribution is -3.15. The third-order valence-electron chi connectivity index (χ3n) is 4.19. The second kappa shape index (κ2) is 9.08. The van der Waals surface area contributed by atoms with E-state index in [0.29, 0.717) is 5.75 Å². The smallest absolute Gasteiger partial charge is 0.203 e. The van der Waals surface area contributed by atoms with E-state index in [1.54, 1.807) is 26.2 Å². The minimum absolute atomic E-state index is 0. The second-order valence-corrected chi connectivity index (χ2v) is 5.59. The number of methoxy groups -OCH3 is 3. The molecular weight excluding hydrogens is 304 g/mol. The summed E-state index contributed by atoms with van der Waals surface area (Å²) in [5.74, 6) is 2.14. The first-order chi connectivity index (χ1) is 10.2. The summed E-state index contributed by atoms with van der Waals surface area (Å²) in [6, 6.07) is 4.10. The van der Waals surface area contributed by atoms with Crippen molar-refractivity contribution in [3.63, 3.8) is 0 Å². The Hall–Kier alpha value is -1.17. The van der Waals surface area contributed by atoms with Crippen LogP contribution in [0.2, 0.25) is 0 Å². The summed E-state index contributed by atoms with van der Waals surface area (Å²) in [5.41, 5.74) is 1.23. The fourth-order valence-corrected chi connectivity index (χ4v) is 2.79. The Morgan fingerprint density at radius 3 is 2.00 bits per heavy atom. The van der Waals surface area contributed by atoms with Gasteiger partial charge in [-0.2, -0.15) is 0 Å². The molecule has 1 fully saturated rings. The molecule has 126 valence electrons. The number of rotatable bonds is 6. The minimum atomic E-state index is 0. The van der Waals surface area contributed by atoms with Gasteiger partial charge in [0, 0.05) is 19.5 Å². The average molecular weight is 331 g/mol. The highest BCUT2D eigenvalue weighted by Gasteiger charge is 2.18. The molecule has 2 rings (SSSR count). The van der Waals surface area contributed by atoms with Crippen molar-refractivity contribution in [2.75, 3.05) is 61.1 Å². The monoisotopic (exact) mass is 330 g/mol. The Bertz CT molecular complexity index is 438. The molecular formula is C16H27ClN2O3. The van der Waals surface area contributed by atoms with Crippen molar-refractivity contribution in [2.24, 2.45) is 0 Å². The molecule has 0 aliphatic carbocycles. The Morgan fingerprint density at radius 1 is 1.00 bits per heavy atom. The highest BCUT2D eigenvalue weighted by Crippen LogP contribution is 2.38. The van der Waals surface area contributed by atoms with Crippen LogP contribution in [0.15, 0.2) is 12.1 Å². The summed E-state index contributed by atoms with van der Waals surface area (Å²) in [4.78, 5) is 4.06. The van der Waals surface area contributed by atoms with Crippen LogP contribution in [0.25, 0.3) is 0 Å². The zero-order valence-corrected chi connectivity index (χ0v) is 14.7. The van der Waals surface area contributed by atoms with E-state index >= 15 is 0 Å². The number of likely N-dealkylation sites (N-methyl/N-ethyl adjacent to an activating group) is 1. The molecule has 0 radical (unpaired) electrons. The predicted molar refractivity (Wildman–Crippen MR) is 82.9 cm³/mol. The van der Waals surface area contributed by atoms with Gasteiger partial charge in [0.2, 0.25) is 5.75 Å². The SMILES string of the molecule is COc1cc(CC[NH+]2CCN(C)CC2)cc(OC)c1OC.[Cl-]. The van der Waals surface area contributed by atoms with Gasteiger partial charge in [-0.15, -0.1) is 0 Å². The van der Waals surface area contributed by atoms with E-state index in [0.717, 1.165) is 24.5 Å². The number of halogens is 1. The van der Waals surface area contributed by atoms with Crippen molar-refractivity contribution in [3.05, 3.63) is 17.7 Å². The van der Waals surface area contributed by atoms with Crippen LogP contribution in [-0.2, 0) is 6.42 Å². The van der Waals surface area contributed by atoms with Crippen LogP contribution in [0.5, 0.6) is 17.2 Å². The van der Waals surface area contributed by atoms with Crippen molar-refractivity contribution in [2.45, 2.75) is 6.42 Å². The number of ether oxygens (including phenoxy) is 3. The molecule has 1 aliphatic rings. The molecule has 1 aromatic carbocycles. The molecule has 1 aliphatic heterocycles. The minimum Gasteiger partial charge on any atom is -1.00 e. The molecule has 0 amide bonds. The number of nitrogens with one attached hydrogen (secondary N) is 1. The summed E-state index contributed by atoms with van der Waals surface area (Å²) in [5, 5.41) is 0. The molecule has 1 aromatic rings. The molecule has 0 aromatic heterocycles. The average Bonchev–Trinajstić information content (AvgIpc) is 2.53. The molecule has 0 bridgehead atoms. The molecule has 22 heavy (non-hydrogen) atoms. The lowest BCUT2D eigenvalue weighted by molar-refractivity contribution is -0.904. The van der Waals surface area contributed by atoms with E-state index in [-0.39, 0.29) is 12.4 Å². The van der Waals surface area contributed by atoms with Gasteiger partial charge in [-0.05, 0) is 24.7 Å². The molecule has 0 unspecified atom stereocenters. The van der Waals surface area contributed by atoms with Crippen molar-refractivity contribution in [1.29, 1.82) is 0 Å². The van der Waals surface area contributed by atoms with Gasteiger partial charge in [-0.1, -0.05) is 0 Å². The number of hydrogen-bond acceptors (Lipinski definition) is 4. The van der Waals surface area contributed by atoms with E-state index in [1.807, 2.05) is 0 Å². The number of quaternary nitrogens is 1. The summed E-state index contributed by atoms with van der Waals surface area (Å²) in [6.07, 6.45) is 1.02. The zero-order valence-electron chi connectivity index (χ0n) is 13.9. The first-order valence-electron chi connectivity index (χ1n) is 7.49. The van der Waals surface area contributed by atoms with Gasteiger partial charge < -0.3 is 31.5 Å². The lowest BCUT2D eigenvalue weighted by Gasteiger charge is -2.29. The van der Waals surface area contributed by atoms with E-state index in [4.69, 9.17) is 14.2 Å². The van der Waals surface area contributed by atoms with E-state index in [2.05, 4.69) is 24.1 Å². The van der Waals surface area contributed by atoms with E-state index < -0.39 is 0 Å². The van der Waals surface area contributed by atoms with Crippen LogP contribution < -0.4 is 31.5 Å². The number of piperazine rings is 1. The molecule has 1 heterocycles. The Balaban J connectivity index is 0.00000242. The molecule has 1 N–H and O–H groups in total. The van der Waals surface area contributed by atoms with Crippen LogP contribution in [0.3, 0.4) is 0 Å². The Labute approximate surface area is 139 Å². The van der Waals surface area contributed by atoms with Crippen LogP contribution in [-0.4, -0.2) is 66.0 Å². The first-order valence-corrected chi connectivity index (χ1v) is 7.49. The fraction of sp³-hybridized carbons (Fsp3) is 0.625. The number of nitrogens with zero attached hydrogens (tertiary/aromatic N) is 1. The summed E-state index contributed by atoms with van der Waals surface area (Å²) in [7, 11) is 7.14. The van der Waals surface area contributed by atoms with Crippen LogP contribution in [0.1, 0.15) is 5.56 Å². The maximum atomic E-state index is 5.41.